The van der Waals surface area contributed by atoms with E-state index >= 15 is 0 Å². The molecule has 1 aromatic heterocycles. The van der Waals surface area contributed by atoms with E-state index in [1.54, 1.807) is 0 Å². The van der Waals surface area contributed by atoms with Crippen molar-refractivity contribution in [2.75, 3.05) is 6.61 Å². The SMILES string of the molecule is CC(C)c1c(Cl)ncnc1OCC(F)F. The van der Waals surface area contributed by atoms with E-state index < -0.39 is 13.0 Å². The molecule has 0 saturated carbocycles. The van der Waals surface area contributed by atoms with Crippen molar-refractivity contribution in [1.82, 2.24) is 9.97 Å². The van der Waals surface area contributed by atoms with Crippen molar-refractivity contribution in [1.29, 1.82) is 0 Å². The topological polar surface area (TPSA) is 35.0 Å². The first-order valence-electron chi connectivity index (χ1n) is 4.43. The Morgan fingerprint density at radius 1 is 1.40 bits per heavy atom. The van der Waals surface area contributed by atoms with Crippen LogP contribution in [0, 0.1) is 0 Å². The molecule has 0 aliphatic rings. The van der Waals surface area contributed by atoms with Crippen LogP contribution in [-0.4, -0.2) is 23.0 Å². The fraction of sp³-hybridized carbons (Fsp3) is 0.556. The van der Waals surface area contributed by atoms with Crippen LogP contribution in [0.25, 0.3) is 0 Å². The molecule has 0 unspecified atom stereocenters. The van der Waals surface area contributed by atoms with Crippen molar-refractivity contribution in [3.63, 3.8) is 0 Å². The highest BCUT2D eigenvalue weighted by atomic mass is 35.5. The second-order valence-electron chi connectivity index (χ2n) is 3.24. The van der Waals surface area contributed by atoms with Gasteiger partial charge in [-0.25, -0.2) is 18.7 Å². The molecule has 0 bridgehead atoms. The van der Waals surface area contributed by atoms with Gasteiger partial charge >= 0.3 is 0 Å². The molecule has 0 fully saturated rings. The van der Waals surface area contributed by atoms with Gasteiger partial charge in [0.25, 0.3) is 6.43 Å². The number of rotatable bonds is 4. The van der Waals surface area contributed by atoms with Crippen molar-refractivity contribution in [2.45, 2.75) is 26.2 Å². The Balaban J connectivity index is 2.91. The summed E-state index contributed by atoms with van der Waals surface area (Å²) in [6.45, 7) is 3.03. The van der Waals surface area contributed by atoms with Crippen LogP contribution in [0.4, 0.5) is 8.78 Å². The molecule has 6 heteroatoms. The van der Waals surface area contributed by atoms with Gasteiger partial charge in [0.1, 0.15) is 11.5 Å². The molecule has 1 heterocycles. The Morgan fingerprint density at radius 2 is 2.07 bits per heavy atom. The number of alkyl halides is 2. The normalized spacial score (nSPS) is 11.1. The third kappa shape index (κ3) is 3.27. The number of hydrogen-bond donors (Lipinski definition) is 0. The Labute approximate surface area is 91.4 Å². The van der Waals surface area contributed by atoms with Gasteiger partial charge in [0.2, 0.25) is 5.88 Å². The van der Waals surface area contributed by atoms with Gasteiger partial charge in [0.05, 0.1) is 5.56 Å². The number of hydrogen-bond acceptors (Lipinski definition) is 3. The van der Waals surface area contributed by atoms with Gasteiger partial charge in [-0.3, -0.25) is 0 Å². The van der Waals surface area contributed by atoms with E-state index in [1.165, 1.54) is 6.33 Å². The molecule has 1 rings (SSSR count). The number of ether oxygens (including phenoxy) is 1. The van der Waals surface area contributed by atoms with Crippen LogP contribution in [-0.2, 0) is 0 Å². The molecular weight excluding hydrogens is 226 g/mol. The van der Waals surface area contributed by atoms with Crippen molar-refractivity contribution < 1.29 is 13.5 Å². The second-order valence-corrected chi connectivity index (χ2v) is 3.60. The molecule has 0 saturated heterocycles. The maximum atomic E-state index is 12.0. The van der Waals surface area contributed by atoms with E-state index in [2.05, 4.69) is 9.97 Å². The van der Waals surface area contributed by atoms with Gasteiger partial charge in [0, 0.05) is 0 Å². The van der Waals surface area contributed by atoms with E-state index in [1.807, 2.05) is 13.8 Å². The summed E-state index contributed by atoms with van der Waals surface area (Å²) in [5, 5.41) is 0.240. The summed E-state index contributed by atoms with van der Waals surface area (Å²) in [4.78, 5) is 7.56. The van der Waals surface area contributed by atoms with Gasteiger partial charge < -0.3 is 4.74 Å². The third-order valence-electron chi connectivity index (χ3n) is 1.72. The molecule has 84 valence electrons. The fourth-order valence-electron chi connectivity index (χ4n) is 1.10. The highest BCUT2D eigenvalue weighted by Crippen LogP contribution is 2.29. The Hall–Kier alpha value is -0.970. The van der Waals surface area contributed by atoms with Crippen molar-refractivity contribution in [3.8, 4) is 5.88 Å². The van der Waals surface area contributed by atoms with E-state index in [0.717, 1.165) is 0 Å². The quantitative estimate of drug-likeness (QED) is 0.754. The minimum atomic E-state index is -2.53. The molecule has 0 spiro atoms. The number of halogens is 3. The van der Waals surface area contributed by atoms with Crippen molar-refractivity contribution in [2.24, 2.45) is 0 Å². The smallest absolute Gasteiger partial charge is 0.272 e. The minimum Gasteiger partial charge on any atom is -0.471 e. The van der Waals surface area contributed by atoms with Crippen LogP contribution in [0.15, 0.2) is 6.33 Å². The molecule has 0 N–H and O–H groups in total. The van der Waals surface area contributed by atoms with Gasteiger partial charge in [-0.2, -0.15) is 0 Å². The summed E-state index contributed by atoms with van der Waals surface area (Å²) < 4.78 is 28.8. The molecule has 0 amide bonds. The van der Waals surface area contributed by atoms with Gasteiger partial charge in [-0.1, -0.05) is 25.4 Å². The van der Waals surface area contributed by atoms with Crippen LogP contribution in [0.5, 0.6) is 5.88 Å². The molecule has 0 aliphatic heterocycles. The van der Waals surface area contributed by atoms with E-state index in [9.17, 15) is 8.78 Å². The molecular formula is C9H11ClF2N2O. The zero-order valence-electron chi connectivity index (χ0n) is 8.38. The molecule has 0 radical (unpaired) electrons. The number of aromatic nitrogens is 2. The van der Waals surface area contributed by atoms with Crippen molar-refractivity contribution >= 4 is 11.6 Å². The average Bonchev–Trinajstić information content (AvgIpc) is 2.13. The summed E-state index contributed by atoms with van der Waals surface area (Å²) >= 11 is 5.82. The zero-order chi connectivity index (χ0) is 11.4. The van der Waals surface area contributed by atoms with E-state index in [-0.39, 0.29) is 17.0 Å². The summed E-state index contributed by atoms with van der Waals surface area (Å²) in [6.07, 6.45) is -1.34. The summed E-state index contributed by atoms with van der Waals surface area (Å²) in [5.74, 6) is 0.150. The monoisotopic (exact) mass is 236 g/mol. The number of nitrogens with zero attached hydrogens (tertiary/aromatic N) is 2. The summed E-state index contributed by atoms with van der Waals surface area (Å²) in [7, 11) is 0. The third-order valence-corrected chi connectivity index (χ3v) is 2.02. The molecule has 15 heavy (non-hydrogen) atoms. The van der Waals surface area contributed by atoms with Crippen LogP contribution in [0.3, 0.4) is 0 Å². The molecule has 0 aliphatic carbocycles. The lowest BCUT2D eigenvalue weighted by Gasteiger charge is -2.12. The van der Waals surface area contributed by atoms with Gasteiger partial charge in [-0.15, -0.1) is 0 Å². The first-order valence-corrected chi connectivity index (χ1v) is 4.81. The zero-order valence-corrected chi connectivity index (χ0v) is 9.13. The fourth-order valence-corrected chi connectivity index (χ4v) is 1.44. The lowest BCUT2D eigenvalue weighted by molar-refractivity contribution is 0.0788. The van der Waals surface area contributed by atoms with Crippen LogP contribution in [0.2, 0.25) is 5.15 Å². The maximum absolute atomic E-state index is 12.0. The van der Waals surface area contributed by atoms with Crippen molar-refractivity contribution in [3.05, 3.63) is 17.0 Å². The van der Waals surface area contributed by atoms with E-state index in [0.29, 0.717) is 5.56 Å². The largest absolute Gasteiger partial charge is 0.471 e. The predicted molar refractivity (Wildman–Crippen MR) is 52.6 cm³/mol. The Bertz CT molecular complexity index is 334. The average molecular weight is 237 g/mol. The standard InChI is InChI=1S/C9H11ClF2N2O/c1-5(2)7-8(10)13-4-14-9(7)15-3-6(11)12/h4-6H,3H2,1-2H3. The molecule has 1 aromatic rings. The van der Waals surface area contributed by atoms with Crippen LogP contribution < -0.4 is 4.74 Å². The highest BCUT2D eigenvalue weighted by molar-refractivity contribution is 6.30. The molecule has 0 atom stereocenters. The minimum absolute atomic E-state index is 0.0198. The lowest BCUT2D eigenvalue weighted by Crippen LogP contribution is -2.10. The molecule has 0 aromatic carbocycles. The first-order chi connectivity index (χ1) is 7.02. The van der Waals surface area contributed by atoms with Crippen LogP contribution in [0.1, 0.15) is 25.3 Å². The Kier molecular flexibility index (Phi) is 4.20. The Morgan fingerprint density at radius 3 is 2.60 bits per heavy atom. The van der Waals surface area contributed by atoms with Gasteiger partial charge in [0.15, 0.2) is 6.61 Å². The maximum Gasteiger partial charge on any atom is 0.272 e. The molecule has 3 nitrogen and oxygen atoms in total. The second kappa shape index (κ2) is 5.21. The summed E-state index contributed by atoms with van der Waals surface area (Å²) in [6, 6.07) is 0. The first kappa shape index (κ1) is 12.1. The van der Waals surface area contributed by atoms with Gasteiger partial charge in [-0.05, 0) is 5.92 Å². The van der Waals surface area contributed by atoms with E-state index in [4.69, 9.17) is 16.3 Å². The van der Waals surface area contributed by atoms with Crippen LogP contribution >= 0.6 is 11.6 Å². The highest BCUT2D eigenvalue weighted by Gasteiger charge is 2.16. The lowest BCUT2D eigenvalue weighted by atomic mass is 10.1. The summed E-state index contributed by atoms with van der Waals surface area (Å²) in [5.41, 5.74) is 0.555. The predicted octanol–water partition coefficient (Wildman–Crippen LogP) is 2.90.